The summed E-state index contributed by atoms with van der Waals surface area (Å²) in [6.07, 6.45) is 7.16. The molecule has 0 aromatic carbocycles. The summed E-state index contributed by atoms with van der Waals surface area (Å²) >= 11 is 0. The first-order valence-corrected chi connectivity index (χ1v) is 5.40. The van der Waals surface area contributed by atoms with Gasteiger partial charge in [0.2, 0.25) is 0 Å². The van der Waals surface area contributed by atoms with E-state index in [0.29, 0.717) is 11.7 Å². The van der Waals surface area contributed by atoms with Crippen LogP contribution < -0.4 is 0 Å². The van der Waals surface area contributed by atoms with Gasteiger partial charge in [-0.25, -0.2) is 9.97 Å². The Morgan fingerprint density at radius 1 is 1.20 bits per heavy atom. The number of aromatic nitrogens is 2. The molecule has 2 heterocycles. The fourth-order valence-electron chi connectivity index (χ4n) is 1.77. The van der Waals surface area contributed by atoms with Crippen molar-refractivity contribution in [3.8, 4) is 0 Å². The minimum Gasteiger partial charge on any atom is -0.354 e. The van der Waals surface area contributed by atoms with Gasteiger partial charge >= 0.3 is 0 Å². The molecule has 1 aliphatic rings. The van der Waals surface area contributed by atoms with E-state index in [4.69, 9.17) is 5.41 Å². The van der Waals surface area contributed by atoms with Crippen LogP contribution in [0.25, 0.3) is 0 Å². The molecule has 1 aromatic heterocycles. The van der Waals surface area contributed by atoms with Gasteiger partial charge in [0.25, 0.3) is 0 Å². The number of likely N-dealkylation sites (tertiary alicyclic amines) is 1. The van der Waals surface area contributed by atoms with Gasteiger partial charge in [0, 0.05) is 25.5 Å². The normalized spacial score (nSPS) is 16.5. The highest BCUT2D eigenvalue weighted by Gasteiger charge is 2.16. The zero-order valence-corrected chi connectivity index (χ0v) is 9.03. The topological polar surface area (TPSA) is 52.9 Å². The molecule has 0 radical (unpaired) electrons. The molecule has 0 saturated carbocycles. The second kappa shape index (κ2) is 4.38. The van der Waals surface area contributed by atoms with Crippen LogP contribution in [-0.4, -0.2) is 33.8 Å². The molecule has 1 aromatic rings. The lowest BCUT2D eigenvalue weighted by molar-refractivity contribution is 0.339. The molecule has 1 saturated heterocycles. The summed E-state index contributed by atoms with van der Waals surface area (Å²) in [5, 5.41) is 8.00. The Morgan fingerprint density at radius 3 is 2.40 bits per heavy atom. The van der Waals surface area contributed by atoms with E-state index in [2.05, 4.69) is 14.9 Å². The first-order valence-electron chi connectivity index (χ1n) is 5.40. The molecule has 15 heavy (non-hydrogen) atoms. The molecule has 2 rings (SSSR count). The largest absolute Gasteiger partial charge is 0.354 e. The molecular weight excluding hydrogens is 188 g/mol. The molecule has 4 nitrogen and oxygen atoms in total. The second-order valence-electron chi connectivity index (χ2n) is 3.98. The van der Waals surface area contributed by atoms with Crippen LogP contribution in [0, 0.1) is 12.3 Å². The fourth-order valence-corrected chi connectivity index (χ4v) is 1.77. The average Bonchev–Trinajstić information content (AvgIpc) is 2.30. The maximum absolute atomic E-state index is 8.00. The highest BCUT2D eigenvalue weighted by molar-refractivity contribution is 5.92. The van der Waals surface area contributed by atoms with Gasteiger partial charge in [0.1, 0.15) is 0 Å². The van der Waals surface area contributed by atoms with Gasteiger partial charge in [-0.1, -0.05) is 0 Å². The van der Waals surface area contributed by atoms with Crippen molar-refractivity contribution in [3.05, 3.63) is 23.8 Å². The molecule has 0 aliphatic carbocycles. The zero-order valence-electron chi connectivity index (χ0n) is 9.03. The highest BCUT2D eigenvalue weighted by atomic mass is 15.2. The van der Waals surface area contributed by atoms with Gasteiger partial charge in [0.05, 0.1) is 0 Å². The SMILES string of the molecule is Cc1cnc(C(=N)N2CCCCC2)nc1. The Morgan fingerprint density at radius 2 is 1.80 bits per heavy atom. The average molecular weight is 204 g/mol. The smallest absolute Gasteiger partial charge is 0.194 e. The minimum atomic E-state index is 0.467. The summed E-state index contributed by atoms with van der Waals surface area (Å²) in [5.41, 5.74) is 1.03. The van der Waals surface area contributed by atoms with Gasteiger partial charge in [0.15, 0.2) is 11.7 Å². The van der Waals surface area contributed by atoms with Gasteiger partial charge in [-0.15, -0.1) is 0 Å². The minimum absolute atomic E-state index is 0.467. The number of nitrogens with zero attached hydrogens (tertiary/aromatic N) is 3. The van der Waals surface area contributed by atoms with E-state index in [0.717, 1.165) is 18.7 Å². The van der Waals surface area contributed by atoms with Crippen molar-refractivity contribution in [2.45, 2.75) is 26.2 Å². The number of hydrogen-bond donors (Lipinski definition) is 1. The quantitative estimate of drug-likeness (QED) is 0.558. The van der Waals surface area contributed by atoms with E-state index in [1.807, 2.05) is 6.92 Å². The molecule has 0 amide bonds. The van der Waals surface area contributed by atoms with Crippen molar-refractivity contribution in [1.29, 1.82) is 5.41 Å². The maximum atomic E-state index is 8.00. The van der Waals surface area contributed by atoms with Crippen molar-refractivity contribution in [1.82, 2.24) is 14.9 Å². The standard InChI is InChI=1S/C11H16N4/c1-9-7-13-11(14-8-9)10(12)15-5-3-2-4-6-15/h7-8,12H,2-6H2,1H3. The Balaban J connectivity index is 2.09. The Bertz CT molecular complexity index is 338. The lowest BCUT2D eigenvalue weighted by Gasteiger charge is -2.27. The van der Waals surface area contributed by atoms with E-state index >= 15 is 0 Å². The predicted molar refractivity (Wildman–Crippen MR) is 59.0 cm³/mol. The summed E-state index contributed by atoms with van der Waals surface area (Å²) in [4.78, 5) is 10.4. The number of amidine groups is 1. The van der Waals surface area contributed by atoms with Crippen LogP contribution in [0.1, 0.15) is 30.7 Å². The Hall–Kier alpha value is -1.45. The number of aryl methyl sites for hydroxylation is 1. The monoisotopic (exact) mass is 204 g/mol. The zero-order chi connectivity index (χ0) is 10.7. The lowest BCUT2D eigenvalue weighted by Crippen LogP contribution is -2.36. The van der Waals surface area contributed by atoms with Crippen LogP contribution in [0.15, 0.2) is 12.4 Å². The van der Waals surface area contributed by atoms with E-state index in [1.54, 1.807) is 12.4 Å². The van der Waals surface area contributed by atoms with Crippen LogP contribution in [0.5, 0.6) is 0 Å². The molecule has 1 aliphatic heterocycles. The first-order chi connectivity index (χ1) is 7.27. The van der Waals surface area contributed by atoms with Crippen LogP contribution in [-0.2, 0) is 0 Å². The lowest BCUT2D eigenvalue weighted by atomic mass is 10.1. The number of hydrogen-bond acceptors (Lipinski definition) is 3. The van der Waals surface area contributed by atoms with Crippen LogP contribution in [0.2, 0.25) is 0 Å². The Kier molecular flexibility index (Phi) is 2.94. The molecule has 4 heteroatoms. The molecule has 0 bridgehead atoms. The van der Waals surface area contributed by atoms with Gasteiger partial charge < -0.3 is 4.90 Å². The summed E-state index contributed by atoms with van der Waals surface area (Å²) in [7, 11) is 0. The van der Waals surface area contributed by atoms with Crippen molar-refractivity contribution in [2.75, 3.05) is 13.1 Å². The van der Waals surface area contributed by atoms with E-state index in [9.17, 15) is 0 Å². The molecular formula is C11H16N4. The van der Waals surface area contributed by atoms with Crippen molar-refractivity contribution >= 4 is 5.84 Å². The molecule has 0 atom stereocenters. The number of piperidine rings is 1. The summed E-state index contributed by atoms with van der Waals surface area (Å²) < 4.78 is 0. The van der Waals surface area contributed by atoms with Crippen molar-refractivity contribution < 1.29 is 0 Å². The van der Waals surface area contributed by atoms with Crippen LogP contribution in [0.4, 0.5) is 0 Å². The van der Waals surface area contributed by atoms with Crippen molar-refractivity contribution in [2.24, 2.45) is 0 Å². The molecule has 1 N–H and O–H groups in total. The molecule has 0 unspecified atom stereocenters. The summed E-state index contributed by atoms with van der Waals surface area (Å²) in [6.45, 7) is 3.89. The summed E-state index contributed by atoms with van der Waals surface area (Å²) in [5.74, 6) is 1.01. The van der Waals surface area contributed by atoms with Crippen molar-refractivity contribution in [3.63, 3.8) is 0 Å². The Labute approximate surface area is 89.9 Å². The second-order valence-corrected chi connectivity index (χ2v) is 3.98. The molecule has 1 fully saturated rings. The predicted octanol–water partition coefficient (Wildman–Crippen LogP) is 1.60. The molecule has 0 spiro atoms. The van der Waals surface area contributed by atoms with Gasteiger partial charge in [-0.05, 0) is 31.7 Å². The van der Waals surface area contributed by atoms with E-state index in [-0.39, 0.29) is 0 Å². The van der Waals surface area contributed by atoms with Crippen LogP contribution in [0.3, 0.4) is 0 Å². The first kappa shape index (κ1) is 10.1. The van der Waals surface area contributed by atoms with E-state index in [1.165, 1.54) is 19.3 Å². The highest BCUT2D eigenvalue weighted by Crippen LogP contribution is 2.10. The third-order valence-corrected chi connectivity index (χ3v) is 2.67. The fraction of sp³-hybridized carbons (Fsp3) is 0.545. The number of nitrogens with one attached hydrogen (secondary N) is 1. The number of rotatable bonds is 1. The van der Waals surface area contributed by atoms with Crippen LogP contribution >= 0.6 is 0 Å². The van der Waals surface area contributed by atoms with Gasteiger partial charge in [-0.2, -0.15) is 0 Å². The molecule has 80 valence electrons. The third kappa shape index (κ3) is 2.32. The summed E-state index contributed by atoms with van der Waals surface area (Å²) in [6, 6.07) is 0. The third-order valence-electron chi connectivity index (χ3n) is 2.67. The van der Waals surface area contributed by atoms with Gasteiger partial charge in [-0.3, -0.25) is 5.41 Å². The van der Waals surface area contributed by atoms with E-state index < -0.39 is 0 Å². The maximum Gasteiger partial charge on any atom is 0.194 e.